The van der Waals surface area contributed by atoms with Crippen LogP contribution in [0.25, 0.3) is 0 Å². The maximum absolute atomic E-state index is 13.3. The molecule has 186 valence electrons. The summed E-state index contributed by atoms with van der Waals surface area (Å²) in [6.45, 7) is 13.0. The minimum absolute atomic E-state index is 0.107. The van der Waals surface area contributed by atoms with E-state index in [-0.39, 0.29) is 5.04 Å². The van der Waals surface area contributed by atoms with E-state index in [9.17, 15) is 8.42 Å². The van der Waals surface area contributed by atoms with Gasteiger partial charge in [-0.3, -0.25) is 0 Å². The summed E-state index contributed by atoms with van der Waals surface area (Å²) in [6.07, 6.45) is 3.32. The van der Waals surface area contributed by atoms with E-state index >= 15 is 0 Å². The quantitative estimate of drug-likeness (QED) is 0.180. The van der Waals surface area contributed by atoms with Crippen molar-refractivity contribution < 1.29 is 12.8 Å². The van der Waals surface area contributed by atoms with Crippen LogP contribution in [0.2, 0.25) is 5.04 Å². The van der Waals surface area contributed by atoms with Gasteiger partial charge in [0, 0.05) is 6.61 Å². The second-order valence-corrected chi connectivity index (χ2v) is 16.7. The normalized spacial score (nSPS) is 13.4. The van der Waals surface area contributed by atoms with E-state index in [0.717, 1.165) is 5.56 Å². The molecule has 0 bridgehead atoms. The highest BCUT2D eigenvalue weighted by atomic mass is 32.2. The van der Waals surface area contributed by atoms with Crippen LogP contribution in [-0.4, -0.2) is 28.6 Å². The molecule has 0 fully saturated rings. The summed E-state index contributed by atoms with van der Waals surface area (Å²) >= 11 is 0. The monoisotopic (exact) mass is 506 g/mol. The lowest BCUT2D eigenvalue weighted by molar-refractivity contribution is 0.287. The van der Waals surface area contributed by atoms with Crippen LogP contribution >= 0.6 is 0 Å². The van der Waals surface area contributed by atoms with Gasteiger partial charge in [0.05, 0.1) is 10.1 Å². The SMILES string of the molecule is C=CCC(CCCO[Si](c1ccccc1)(c1ccccc1)C(C)(C)C)S(=O)(=O)c1ccc(C)cc1. The predicted octanol–water partition coefficient (Wildman–Crippen LogP) is 6.07. The van der Waals surface area contributed by atoms with Crippen molar-refractivity contribution in [2.75, 3.05) is 6.61 Å². The minimum atomic E-state index is -3.44. The molecule has 3 aromatic carbocycles. The summed E-state index contributed by atoms with van der Waals surface area (Å²) in [7, 11) is -6.07. The van der Waals surface area contributed by atoms with Crippen molar-refractivity contribution in [1.29, 1.82) is 0 Å². The molecule has 3 rings (SSSR count). The summed E-state index contributed by atoms with van der Waals surface area (Å²) in [6, 6.07) is 28.2. The molecule has 0 aliphatic heterocycles. The smallest absolute Gasteiger partial charge is 0.261 e. The maximum atomic E-state index is 13.3. The summed E-state index contributed by atoms with van der Waals surface area (Å²) in [5.41, 5.74) is 1.04. The van der Waals surface area contributed by atoms with Gasteiger partial charge in [-0.25, -0.2) is 8.42 Å². The van der Waals surface area contributed by atoms with Crippen LogP contribution in [0.1, 0.15) is 45.6 Å². The molecule has 0 aliphatic rings. The Bertz CT molecular complexity index is 1140. The van der Waals surface area contributed by atoms with E-state index in [4.69, 9.17) is 4.43 Å². The molecule has 35 heavy (non-hydrogen) atoms. The molecule has 0 saturated carbocycles. The van der Waals surface area contributed by atoms with Crippen molar-refractivity contribution in [1.82, 2.24) is 0 Å². The van der Waals surface area contributed by atoms with Crippen molar-refractivity contribution in [2.45, 2.75) is 62.1 Å². The van der Waals surface area contributed by atoms with Crippen molar-refractivity contribution in [2.24, 2.45) is 0 Å². The highest BCUT2D eigenvalue weighted by Gasteiger charge is 2.50. The zero-order valence-electron chi connectivity index (χ0n) is 21.4. The first-order valence-electron chi connectivity index (χ1n) is 12.3. The number of aryl methyl sites for hydroxylation is 1. The van der Waals surface area contributed by atoms with E-state index in [1.807, 2.05) is 31.2 Å². The Kier molecular flexibility index (Phi) is 8.92. The van der Waals surface area contributed by atoms with Gasteiger partial charge in [0.25, 0.3) is 8.32 Å². The Morgan fingerprint density at radius 3 is 1.86 bits per heavy atom. The van der Waals surface area contributed by atoms with Crippen LogP contribution in [0.15, 0.2) is 102 Å². The Labute approximate surface area is 212 Å². The molecule has 0 aliphatic carbocycles. The van der Waals surface area contributed by atoms with Crippen LogP contribution in [0.4, 0.5) is 0 Å². The lowest BCUT2D eigenvalue weighted by Gasteiger charge is -2.43. The molecular formula is C30H38O3SSi. The summed E-state index contributed by atoms with van der Waals surface area (Å²) in [5, 5.41) is 1.84. The van der Waals surface area contributed by atoms with E-state index < -0.39 is 23.4 Å². The van der Waals surface area contributed by atoms with Gasteiger partial charge < -0.3 is 4.43 Å². The number of sulfone groups is 1. The van der Waals surface area contributed by atoms with E-state index in [0.29, 0.717) is 30.8 Å². The molecule has 5 heteroatoms. The Hall–Kier alpha value is -2.47. The average Bonchev–Trinajstić information content (AvgIpc) is 2.84. The molecular weight excluding hydrogens is 468 g/mol. The number of benzene rings is 3. The van der Waals surface area contributed by atoms with Gasteiger partial charge in [0.1, 0.15) is 0 Å². The largest absolute Gasteiger partial charge is 0.407 e. The first kappa shape index (κ1) is 27.1. The van der Waals surface area contributed by atoms with Gasteiger partial charge in [0.2, 0.25) is 0 Å². The maximum Gasteiger partial charge on any atom is 0.261 e. The third-order valence-electron chi connectivity index (χ3n) is 6.62. The van der Waals surface area contributed by atoms with E-state index in [1.54, 1.807) is 18.2 Å². The molecule has 0 saturated heterocycles. The molecule has 3 aromatic rings. The summed E-state index contributed by atoms with van der Waals surface area (Å²) in [4.78, 5) is 0.378. The standard InChI is InChI=1S/C30H38O3SSi/c1-6-14-26(34(31,32)27-22-20-25(2)21-23-27)15-13-24-33-35(30(3,4)5,28-16-9-7-10-17-28)29-18-11-8-12-19-29/h6-12,16-23,26H,1,13-15,24H2,2-5H3. The zero-order chi connectivity index (χ0) is 25.5. The number of hydrogen-bond acceptors (Lipinski definition) is 3. The highest BCUT2D eigenvalue weighted by Crippen LogP contribution is 2.37. The molecule has 1 atom stereocenters. The summed E-state index contributed by atoms with van der Waals surface area (Å²) in [5.74, 6) is 0. The van der Waals surface area contributed by atoms with Crippen LogP contribution in [0.5, 0.6) is 0 Å². The lowest BCUT2D eigenvalue weighted by Crippen LogP contribution is -2.66. The van der Waals surface area contributed by atoms with Gasteiger partial charge in [-0.05, 0) is 53.7 Å². The fourth-order valence-corrected chi connectivity index (χ4v) is 11.2. The summed E-state index contributed by atoms with van der Waals surface area (Å²) < 4.78 is 33.6. The number of hydrogen-bond donors (Lipinski definition) is 0. The first-order valence-corrected chi connectivity index (χ1v) is 15.7. The van der Waals surface area contributed by atoms with Crippen LogP contribution in [-0.2, 0) is 14.3 Å². The molecule has 0 amide bonds. The molecule has 0 spiro atoms. The van der Waals surface area contributed by atoms with E-state index in [2.05, 4.69) is 75.9 Å². The molecule has 0 aromatic heterocycles. The second-order valence-electron chi connectivity index (χ2n) is 10.2. The zero-order valence-corrected chi connectivity index (χ0v) is 23.2. The van der Waals surface area contributed by atoms with Crippen molar-refractivity contribution in [3.63, 3.8) is 0 Å². The van der Waals surface area contributed by atoms with Crippen molar-refractivity contribution in [3.8, 4) is 0 Å². The third-order valence-corrected chi connectivity index (χ3v) is 13.9. The minimum Gasteiger partial charge on any atom is -0.407 e. The van der Waals surface area contributed by atoms with Gasteiger partial charge in [-0.1, -0.05) is 105 Å². The molecule has 1 unspecified atom stereocenters. The number of rotatable bonds is 11. The predicted molar refractivity (Wildman–Crippen MR) is 150 cm³/mol. The van der Waals surface area contributed by atoms with E-state index in [1.165, 1.54) is 10.4 Å². The van der Waals surface area contributed by atoms with Crippen LogP contribution < -0.4 is 10.4 Å². The Balaban J connectivity index is 1.85. The molecule has 3 nitrogen and oxygen atoms in total. The molecule has 0 heterocycles. The topological polar surface area (TPSA) is 43.4 Å². The fraction of sp³-hybridized carbons (Fsp3) is 0.333. The second kappa shape index (κ2) is 11.5. The third kappa shape index (κ3) is 6.03. The Morgan fingerprint density at radius 1 is 0.886 bits per heavy atom. The highest BCUT2D eigenvalue weighted by molar-refractivity contribution is 7.92. The van der Waals surface area contributed by atoms with Gasteiger partial charge in [-0.15, -0.1) is 6.58 Å². The van der Waals surface area contributed by atoms with Crippen LogP contribution in [0.3, 0.4) is 0 Å². The van der Waals surface area contributed by atoms with Crippen molar-refractivity contribution >= 4 is 28.5 Å². The first-order chi connectivity index (χ1) is 16.6. The van der Waals surface area contributed by atoms with Gasteiger partial charge >= 0.3 is 0 Å². The average molecular weight is 507 g/mol. The van der Waals surface area contributed by atoms with Crippen LogP contribution in [0, 0.1) is 6.92 Å². The van der Waals surface area contributed by atoms with Gasteiger partial charge in [0.15, 0.2) is 9.84 Å². The lowest BCUT2D eigenvalue weighted by atomic mass is 10.2. The molecule has 0 radical (unpaired) electrons. The van der Waals surface area contributed by atoms with Gasteiger partial charge in [-0.2, -0.15) is 0 Å². The Morgan fingerprint density at radius 2 is 1.40 bits per heavy atom. The fourth-order valence-electron chi connectivity index (χ4n) is 4.80. The number of allylic oxidation sites excluding steroid dienone is 1. The molecule has 0 N–H and O–H groups in total. The van der Waals surface area contributed by atoms with Crippen molar-refractivity contribution in [3.05, 3.63) is 103 Å².